The molecule has 0 atom stereocenters. The van der Waals surface area contributed by atoms with Crippen molar-refractivity contribution in [3.05, 3.63) is 192 Å². The first kappa shape index (κ1) is 26.3. The van der Waals surface area contributed by atoms with Gasteiger partial charge in [-0.15, -0.1) is 0 Å². The molecule has 41 heavy (non-hydrogen) atoms. The molecule has 0 radical (unpaired) electrons. The Balaban J connectivity index is 1.45. The highest BCUT2D eigenvalue weighted by Gasteiger charge is 2.41. The quantitative estimate of drug-likeness (QED) is 0.107. The maximum atomic E-state index is 2.35. The molecule has 0 saturated heterocycles. The standard InChI is InChI=1S/C40H32Si/c1-5-13-33(14-6-1)21-23-35-25-29-39(30-26-35)41(37-17-9-3-10-18-37,38-19-11-4-12-20-38)40-31-27-36(28-32-40)24-22-34-15-7-2-8-16-34/h1-32H/b23-21+,24-22+. The largest absolute Gasteiger partial charge is 0.179 e. The zero-order valence-corrected chi connectivity index (χ0v) is 24.0. The van der Waals surface area contributed by atoms with E-state index in [0.29, 0.717) is 0 Å². The fraction of sp³-hybridized carbons (Fsp3) is 0. The van der Waals surface area contributed by atoms with E-state index in [0.717, 1.165) is 0 Å². The van der Waals surface area contributed by atoms with Crippen LogP contribution in [-0.4, -0.2) is 8.07 Å². The summed E-state index contributed by atoms with van der Waals surface area (Å²) in [7, 11) is -2.57. The molecule has 0 bridgehead atoms. The summed E-state index contributed by atoms with van der Waals surface area (Å²) in [6.07, 6.45) is 8.74. The average Bonchev–Trinajstić information content (AvgIpc) is 3.06. The Morgan fingerprint density at radius 1 is 0.244 bits per heavy atom. The van der Waals surface area contributed by atoms with Crippen LogP contribution in [0.3, 0.4) is 0 Å². The van der Waals surface area contributed by atoms with E-state index < -0.39 is 8.07 Å². The second-order valence-corrected chi connectivity index (χ2v) is 14.0. The molecule has 6 aromatic carbocycles. The molecule has 6 aromatic rings. The Bertz CT molecular complexity index is 1580. The van der Waals surface area contributed by atoms with Crippen LogP contribution in [0.2, 0.25) is 0 Å². The van der Waals surface area contributed by atoms with E-state index in [-0.39, 0.29) is 0 Å². The van der Waals surface area contributed by atoms with Gasteiger partial charge in [-0.05, 0) is 43.0 Å². The van der Waals surface area contributed by atoms with E-state index in [1.54, 1.807) is 0 Å². The van der Waals surface area contributed by atoms with Crippen LogP contribution in [0.5, 0.6) is 0 Å². The van der Waals surface area contributed by atoms with Crippen LogP contribution >= 0.6 is 0 Å². The molecular formula is C40H32Si. The highest BCUT2D eigenvalue weighted by atomic mass is 28.3. The summed E-state index contributed by atoms with van der Waals surface area (Å²) in [6, 6.07) is 61.5. The van der Waals surface area contributed by atoms with Crippen LogP contribution in [0, 0.1) is 0 Å². The molecule has 0 fully saturated rings. The molecule has 0 nitrogen and oxygen atoms in total. The second kappa shape index (κ2) is 12.5. The minimum Gasteiger partial charge on any atom is -0.0623 e. The molecule has 196 valence electrons. The van der Waals surface area contributed by atoms with Gasteiger partial charge in [0.05, 0.1) is 0 Å². The third-order valence-electron chi connectivity index (χ3n) is 7.64. The van der Waals surface area contributed by atoms with Crippen molar-refractivity contribution in [3.8, 4) is 0 Å². The van der Waals surface area contributed by atoms with Crippen LogP contribution < -0.4 is 20.7 Å². The summed E-state index contributed by atoms with van der Waals surface area (Å²) in [4.78, 5) is 0. The first-order valence-electron chi connectivity index (χ1n) is 14.1. The number of hydrogen-bond donors (Lipinski definition) is 0. The predicted octanol–water partition coefficient (Wildman–Crippen LogP) is 7.40. The van der Waals surface area contributed by atoms with E-state index in [1.807, 2.05) is 0 Å². The van der Waals surface area contributed by atoms with Gasteiger partial charge in [-0.3, -0.25) is 0 Å². The van der Waals surface area contributed by atoms with Gasteiger partial charge < -0.3 is 0 Å². The van der Waals surface area contributed by atoms with Gasteiger partial charge in [-0.1, -0.05) is 194 Å². The molecule has 0 spiro atoms. The van der Waals surface area contributed by atoms with Crippen LogP contribution in [0.25, 0.3) is 24.3 Å². The Hall–Kier alpha value is -4.98. The first-order chi connectivity index (χ1) is 20.3. The molecule has 0 aliphatic carbocycles. The van der Waals surface area contributed by atoms with Crippen LogP contribution in [-0.2, 0) is 0 Å². The summed E-state index contributed by atoms with van der Waals surface area (Å²) in [5.74, 6) is 0. The summed E-state index contributed by atoms with van der Waals surface area (Å²) in [5.41, 5.74) is 4.80. The van der Waals surface area contributed by atoms with Crippen molar-refractivity contribution < 1.29 is 0 Å². The Morgan fingerprint density at radius 3 is 0.805 bits per heavy atom. The minimum absolute atomic E-state index is 1.20. The molecule has 6 rings (SSSR count). The maximum Gasteiger partial charge on any atom is 0.179 e. The number of rotatable bonds is 8. The van der Waals surface area contributed by atoms with Crippen molar-refractivity contribution >= 4 is 53.1 Å². The fourth-order valence-electron chi connectivity index (χ4n) is 5.58. The molecule has 0 amide bonds. The minimum atomic E-state index is -2.57. The van der Waals surface area contributed by atoms with Crippen molar-refractivity contribution in [2.24, 2.45) is 0 Å². The molecular weight excluding hydrogens is 509 g/mol. The van der Waals surface area contributed by atoms with Gasteiger partial charge in [0, 0.05) is 0 Å². The fourth-order valence-corrected chi connectivity index (χ4v) is 10.3. The normalized spacial score (nSPS) is 11.7. The van der Waals surface area contributed by atoms with Crippen molar-refractivity contribution in [2.75, 3.05) is 0 Å². The number of hydrogen-bond acceptors (Lipinski definition) is 0. The molecule has 0 aliphatic heterocycles. The van der Waals surface area contributed by atoms with Crippen LogP contribution in [0.4, 0.5) is 0 Å². The maximum absolute atomic E-state index is 2.57. The lowest BCUT2D eigenvalue weighted by Crippen LogP contribution is -2.74. The molecule has 0 aliphatic rings. The lowest BCUT2D eigenvalue weighted by molar-refractivity contribution is 1.63. The molecule has 0 N–H and O–H groups in total. The molecule has 1 heteroatoms. The van der Waals surface area contributed by atoms with Crippen LogP contribution in [0.1, 0.15) is 22.3 Å². The van der Waals surface area contributed by atoms with E-state index in [2.05, 4.69) is 194 Å². The first-order valence-corrected chi connectivity index (χ1v) is 16.1. The van der Waals surface area contributed by atoms with Gasteiger partial charge in [0.15, 0.2) is 8.07 Å². The topological polar surface area (TPSA) is 0 Å². The Labute approximate surface area is 244 Å². The number of benzene rings is 6. The monoisotopic (exact) mass is 540 g/mol. The van der Waals surface area contributed by atoms with E-state index in [9.17, 15) is 0 Å². The molecule has 0 heterocycles. The van der Waals surface area contributed by atoms with Crippen molar-refractivity contribution in [1.82, 2.24) is 0 Å². The highest BCUT2D eigenvalue weighted by molar-refractivity contribution is 7.19. The lowest BCUT2D eigenvalue weighted by atomic mass is 10.1. The van der Waals surface area contributed by atoms with Gasteiger partial charge in [0.25, 0.3) is 0 Å². The second-order valence-electron chi connectivity index (χ2n) is 10.2. The van der Waals surface area contributed by atoms with Gasteiger partial charge in [-0.2, -0.15) is 0 Å². The zero-order valence-electron chi connectivity index (χ0n) is 23.0. The highest BCUT2D eigenvalue weighted by Crippen LogP contribution is 2.14. The van der Waals surface area contributed by atoms with Gasteiger partial charge >= 0.3 is 0 Å². The van der Waals surface area contributed by atoms with Gasteiger partial charge in [0.1, 0.15) is 0 Å². The lowest BCUT2D eigenvalue weighted by Gasteiger charge is -2.34. The van der Waals surface area contributed by atoms with Crippen molar-refractivity contribution in [2.45, 2.75) is 0 Å². The van der Waals surface area contributed by atoms with Crippen LogP contribution in [0.15, 0.2) is 170 Å². The summed E-state index contributed by atoms with van der Waals surface area (Å²) < 4.78 is 0. The summed E-state index contributed by atoms with van der Waals surface area (Å²) in [6.45, 7) is 0. The third-order valence-corrected chi connectivity index (χ3v) is 12.4. The predicted molar refractivity (Wildman–Crippen MR) is 181 cm³/mol. The summed E-state index contributed by atoms with van der Waals surface area (Å²) in [5, 5.41) is 5.51. The van der Waals surface area contributed by atoms with E-state index in [1.165, 1.54) is 43.0 Å². The van der Waals surface area contributed by atoms with Gasteiger partial charge in [0.2, 0.25) is 0 Å². The average molecular weight is 541 g/mol. The van der Waals surface area contributed by atoms with Gasteiger partial charge in [-0.25, -0.2) is 0 Å². The molecule has 0 unspecified atom stereocenters. The zero-order chi connectivity index (χ0) is 27.7. The van der Waals surface area contributed by atoms with E-state index >= 15 is 0 Å². The SMILES string of the molecule is C(=C\c1ccc([Si](c2ccccc2)(c2ccccc2)c2ccc(/C=C/c3ccccc3)cc2)cc1)/c1ccccc1. The van der Waals surface area contributed by atoms with E-state index in [4.69, 9.17) is 0 Å². The van der Waals surface area contributed by atoms with Crippen molar-refractivity contribution in [3.63, 3.8) is 0 Å². The van der Waals surface area contributed by atoms with Crippen molar-refractivity contribution in [1.29, 1.82) is 0 Å². The smallest absolute Gasteiger partial charge is 0.0623 e. The Morgan fingerprint density at radius 2 is 0.488 bits per heavy atom. The summed E-state index contributed by atoms with van der Waals surface area (Å²) >= 11 is 0. The third kappa shape index (κ3) is 5.82. The Kier molecular flexibility index (Phi) is 7.98. The molecule has 0 saturated carbocycles. The molecule has 0 aromatic heterocycles.